The standard InChI is InChI=1S/C21H26BrNO2/c1-3-4-9-17-12-13-19(18(22)15-17)23-21(24)11-7-14-25-20-10-6-5-8-16(20)2/h5-6,8,10,12-13,15H,3-4,7,9,11,14H2,1-2H3,(H,23,24). The van der Waals surface area contributed by atoms with Crippen LogP contribution in [0.25, 0.3) is 0 Å². The SMILES string of the molecule is CCCCc1ccc(NC(=O)CCCOc2ccccc2C)c(Br)c1. The molecule has 4 heteroatoms. The molecule has 0 spiro atoms. The van der Waals surface area contributed by atoms with Gasteiger partial charge in [-0.25, -0.2) is 0 Å². The van der Waals surface area contributed by atoms with Gasteiger partial charge in [0.15, 0.2) is 0 Å². The number of nitrogens with one attached hydrogen (secondary N) is 1. The normalized spacial score (nSPS) is 10.5. The Labute approximate surface area is 158 Å². The first-order valence-electron chi connectivity index (χ1n) is 8.87. The van der Waals surface area contributed by atoms with Crippen molar-refractivity contribution in [2.45, 2.75) is 46.0 Å². The summed E-state index contributed by atoms with van der Waals surface area (Å²) in [5.74, 6) is 0.892. The first kappa shape index (κ1) is 19.5. The number of aryl methyl sites for hydroxylation is 2. The van der Waals surface area contributed by atoms with Crippen LogP contribution in [0.15, 0.2) is 46.9 Å². The van der Waals surface area contributed by atoms with Crippen LogP contribution in [-0.2, 0) is 11.2 Å². The van der Waals surface area contributed by atoms with Crippen LogP contribution in [0.5, 0.6) is 5.75 Å². The van der Waals surface area contributed by atoms with Gasteiger partial charge in [-0.1, -0.05) is 37.6 Å². The van der Waals surface area contributed by atoms with Crippen LogP contribution in [0.2, 0.25) is 0 Å². The molecule has 0 aromatic heterocycles. The molecule has 0 saturated heterocycles. The number of benzene rings is 2. The number of rotatable bonds is 9. The van der Waals surface area contributed by atoms with Crippen molar-refractivity contribution < 1.29 is 9.53 Å². The third-order valence-corrected chi connectivity index (χ3v) is 4.68. The summed E-state index contributed by atoms with van der Waals surface area (Å²) in [6.45, 7) is 4.74. The molecule has 0 radical (unpaired) electrons. The maximum Gasteiger partial charge on any atom is 0.224 e. The number of amides is 1. The topological polar surface area (TPSA) is 38.3 Å². The minimum Gasteiger partial charge on any atom is -0.493 e. The third kappa shape index (κ3) is 6.54. The molecule has 0 aliphatic carbocycles. The Morgan fingerprint density at radius 1 is 1.16 bits per heavy atom. The first-order valence-corrected chi connectivity index (χ1v) is 9.66. The molecule has 0 atom stereocenters. The summed E-state index contributed by atoms with van der Waals surface area (Å²) in [4.78, 5) is 12.1. The second-order valence-electron chi connectivity index (χ2n) is 6.18. The van der Waals surface area contributed by atoms with Crippen molar-refractivity contribution in [2.75, 3.05) is 11.9 Å². The number of hydrogen-bond donors (Lipinski definition) is 1. The smallest absolute Gasteiger partial charge is 0.224 e. The fraction of sp³-hybridized carbons (Fsp3) is 0.381. The zero-order valence-corrected chi connectivity index (χ0v) is 16.6. The van der Waals surface area contributed by atoms with Crippen LogP contribution in [0.1, 0.15) is 43.7 Å². The Morgan fingerprint density at radius 3 is 2.68 bits per heavy atom. The van der Waals surface area contributed by atoms with E-state index in [1.807, 2.05) is 37.3 Å². The van der Waals surface area contributed by atoms with E-state index >= 15 is 0 Å². The largest absolute Gasteiger partial charge is 0.493 e. The van der Waals surface area contributed by atoms with Gasteiger partial charge >= 0.3 is 0 Å². The van der Waals surface area contributed by atoms with Crippen LogP contribution in [0.4, 0.5) is 5.69 Å². The second-order valence-corrected chi connectivity index (χ2v) is 7.04. The van der Waals surface area contributed by atoms with Gasteiger partial charge in [0.05, 0.1) is 12.3 Å². The maximum atomic E-state index is 12.1. The van der Waals surface area contributed by atoms with E-state index in [0.29, 0.717) is 19.4 Å². The van der Waals surface area contributed by atoms with Crippen LogP contribution in [-0.4, -0.2) is 12.5 Å². The molecule has 134 valence electrons. The summed E-state index contributed by atoms with van der Waals surface area (Å²) < 4.78 is 6.66. The lowest BCUT2D eigenvalue weighted by Crippen LogP contribution is -2.13. The first-order chi connectivity index (χ1) is 12.1. The van der Waals surface area contributed by atoms with E-state index in [0.717, 1.165) is 27.9 Å². The molecule has 2 aromatic carbocycles. The zero-order chi connectivity index (χ0) is 18.1. The van der Waals surface area contributed by atoms with E-state index in [2.05, 4.69) is 40.3 Å². The number of hydrogen-bond acceptors (Lipinski definition) is 2. The molecule has 0 heterocycles. The Kier molecular flexibility index (Phi) is 7.99. The predicted octanol–water partition coefficient (Wildman–Crippen LogP) is 5.90. The predicted molar refractivity (Wildman–Crippen MR) is 107 cm³/mol. The number of ether oxygens (including phenoxy) is 1. The van der Waals surface area contributed by atoms with Gasteiger partial charge in [-0.2, -0.15) is 0 Å². The fourth-order valence-electron chi connectivity index (χ4n) is 2.54. The lowest BCUT2D eigenvalue weighted by Gasteiger charge is -2.10. The maximum absolute atomic E-state index is 12.1. The highest BCUT2D eigenvalue weighted by Crippen LogP contribution is 2.25. The number of carbonyl (C=O) groups excluding carboxylic acids is 1. The molecule has 0 fully saturated rings. The van der Waals surface area contributed by atoms with E-state index < -0.39 is 0 Å². The van der Waals surface area contributed by atoms with Gasteiger partial charge in [0.2, 0.25) is 5.91 Å². The number of carbonyl (C=O) groups is 1. The number of halogens is 1. The Balaban J connectivity index is 1.75. The van der Waals surface area contributed by atoms with E-state index in [4.69, 9.17) is 4.74 Å². The van der Waals surface area contributed by atoms with Gasteiger partial charge in [0.25, 0.3) is 0 Å². The van der Waals surface area contributed by atoms with Crippen LogP contribution < -0.4 is 10.1 Å². The minimum atomic E-state index is 0.00962. The average Bonchev–Trinajstić information content (AvgIpc) is 2.60. The number of para-hydroxylation sites is 1. The summed E-state index contributed by atoms with van der Waals surface area (Å²) in [5, 5.41) is 2.96. The van der Waals surface area contributed by atoms with Gasteiger partial charge in [-0.05, 0) is 71.4 Å². The summed E-state index contributed by atoms with van der Waals surface area (Å²) in [6.07, 6.45) is 4.56. The van der Waals surface area contributed by atoms with Crippen molar-refractivity contribution >= 4 is 27.5 Å². The summed E-state index contributed by atoms with van der Waals surface area (Å²) >= 11 is 3.55. The lowest BCUT2D eigenvalue weighted by atomic mass is 10.1. The van der Waals surface area contributed by atoms with Crippen LogP contribution in [0, 0.1) is 6.92 Å². The molecule has 0 aliphatic rings. The van der Waals surface area contributed by atoms with E-state index in [1.165, 1.54) is 18.4 Å². The highest BCUT2D eigenvalue weighted by molar-refractivity contribution is 9.10. The molecule has 0 aliphatic heterocycles. The van der Waals surface area contributed by atoms with Gasteiger partial charge < -0.3 is 10.1 Å². The molecule has 2 rings (SSSR count). The van der Waals surface area contributed by atoms with Crippen molar-refractivity contribution in [3.63, 3.8) is 0 Å². The van der Waals surface area contributed by atoms with E-state index in [-0.39, 0.29) is 5.91 Å². The number of unbranched alkanes of at least 4 members (excludes halogenated alkanes) is 1. The Hall–Kier alpha value is -1.81. The molecule has 1 amide bonds. The third-order valence-electron chi connectivity index (χ3n) is 4.03. The molecular formula is C21H26BrNO2. The van der Waals surface area contributed by atoms with E-state index in [9.17, 15) is 4.79 Å². The van der Waals surface area contributed by atoms with Crippen molar-refractivity contribution in [1.29, 1.82) is 0 Å². The molecule has 25 heavy (non-hydrogen) atoms. The molecule has 0 unspecified atom stereocenters. The zero-order valence-electron chi connectivity index (χ0n) is 15.0. The van der Waals surface area contributed by atoms with Gasteiger partial charge in [-0.15, -0.1) is 0 Å². The van der Waals surface area contributed by atoms with Crippen molar-refractivity contribution in [1.82, 2.24) is 0 Å². The Bertz CT molecular complexity index is 700. The van der Waals surface area contributed by atoms with Gasteiger partial charge in [-0.3, -0.25) is 4.79 Å². The molecule has 2 aromatic rings. The second kappa shape index (κ2) is 10.2. The van der Waals surface area contributed by atoms with Crippen LogP contribution >= 0.6 is 15.9 Å². The van der Waals surface area contributed by atoms with Crippen molar-refractivity contribution in [3.8, 4) is 5.75 Å². The molecule has 0 bridgehead atoms. The number of anilines is 1. The molecule has 3 nitrogen and oxygen atoms in total. The molecular weight excluding hydrogens is 378 g/mol. The van der Waals surface area contributed by atoms with Crippen molar-refractivity contribution in [3.05, 3.63) is 58.1 Å². The van der Waals surface area contributed by atoms with Gasteiger partial charge in [0.1, 0.15) is 5.75 Å². The van der Waals surface area contributed by atoms with E-state index in [1.54, 1.807) is 0 Å². The van der Waals surface area contributed by atoms with Gasteiger partial charge in [0, 0.05) is 10.9 Å². The lowest BCUT2D eigenvalue weighted by molar-refractivity contribution is -0.116. The molecule has 0 saturated carbocycles. The monoisotopic (exact) mass is 403 g/mol. The van der Waals surface area contributed by atoms with Crippen molar-refractivity contribution in [2.24, 2.45) is 0 Å². The van der Waals surface area contributed by atoms with Crippen LogP contribution in [0.3, 0.4) is 0 Å². The quantitative estimate of drug-likeness (QED) is 0.529. The summed E-state index contributed by atoms with van der Waals surface area (Å²) in [5.41, 5.74) is 3.22. The summed E-state index contributed by atoms with van der Waals surface area (Å²) in [7, 11) is 0. The highest BCUT2D eigenvalue weighted by atomic mass is 79.9. The highest BCUT2D eigenvalue weighted by Gasteiger charge is 2.07. The summed E-state index contributed by atoms with van der Waals surface area (Å²) in [6, 6.07) is 14.1. The minimum absolute atomic E-state index is 0.00962. The Morgan fingerprint density at radius 2 is 1.96 bits per heavy atom. The average molecular weight is 404 g/mol. The molecule has 1 N–H and O–H groups in total. The fourth-order valence-corrected chi connectivity index (χ4v) is 3.07.